The maximum atomic E-state index is 9.70. The summed E-state index contributed by atoms with van der Waals surface area (Å²) in [4.78, 5) is 9.70. The molecule has 2 heteroatoms. The number of hydrogen-bond donors (Lipinski definition) is 1. The Kier molecular flexibility index (Phi) is 6.12. The molecule has 0 heterocycles. The van der Waals surface area contributed by atoms with Crippen LogP contribution in [0.15, 0.2) is 36.9 Å². The maximum Gasteiger partial charge on any atom is 0.305 e. The molecule has 0 bridgehead atoms. The Morgan fingerprint density at radius 3 is 2.00 bits per heavy atom. The Morgan fingerprint density at radius 1 is 1.36 bits per heavy atom. The second kappa shape index (κ2) is 6.89. The van der Waals surface area contributed by atoms with E-state index in [9.17, 15) is 4.79 Å². The molecule has 0 atom stereocenters. The molecule has 0 spiro atoms. The summed E-state index contributed by atoms with van der Waals surface area (Å²) in [6, 6.07) is 10.0. The summed E-state index contributed by atoms with van der Waals surface area (Å²) in [5.41, 5.74) is 1.17. The third-order valence-electron chi connectivity index (χ3n) is 1.53. The molecule has 14 heavy (non-hydrogen) atoms. The largest absolute Gasteiger partial charge is 0.481 e. The molecule has 1 rings (SSSR count). The molecule has 0 amide bonds. The second-order valence-electron chi connectivity index (χ2n) is 3.11. The third-order valence-corrected chi connectivity index (χ3v) is 1.53. The quantitative estimate of drug-likeness (QED) is 0.781. The van der Waals surface area contributed by atoms with Crippen molar-refractivity contribution < 1.29 is 9.90 Å². The molecule has 1 aromatic rings. The smallest absolute Gasteiger partial charge is 0.305 e. The molecule has 1 aromatic carbocycles. The lowest BCUT2D eigenvalue weighted by molar-refractivity contribution is -0.140. The van der Waals surface area contributed by atoms with Crippen molar-refractivity contribution in [2.75, 3.05) is 0 Å². The van der Waals surface area contributed by atoms with Gasteiger partial charge in [-0.3, -0.25) is 4.79 Å². The number of rotatable bonds is 2. The van der Waals surface area contributed by atoms with Crippen LogP contribution in [0, 0.1) is 5.92 Å². The predicted molar refractivity (Wildman–Crippen MR) is 59.0 cm³/mol. The van der Waals surface area contributed by atoms with Crippen molar-refractivity contribution in [1.29, 1.82) is 0 Å². The lowest BCUT2D eigenvalue weighted by atomic mass is 10.2. The van der Waals surface area contributed by atoms with E-state index in [0.29, 0.717) is 0 Å². The van der Waals surface area contributed by atoms with E-state index in [1.807, 2.05) is 36.4 Å². The Labute approximate surface area is 84.9 Å². The zero-order valence-corrected chi connectivity index (χ0v) is 8.60. The van der Waals surface area contributed by atoms with E-state index in [0.717, 1.165) is 0 Å². The van der Waals surface area contributed by atoms with Crippen LogP contribution < -0.4 is 0 Å². The summed E-state index contributed by atoms with van der Waals surface area (Å²) < 4.78 is 0. The molecule has 0 saturated heterocycles. The fraction of sp³-hybridized carbons (Fsp3) is 0.250. The lowest BCUT2D eigenvalue weighted by Gasteiger charge is -1.89. The van der Waals surface area contributed by atoms with Gasteiger partial charge in [0.2, 0.25) is 0 Å². The van der Waals surface area contributed by atoms with Crippen LogP contribution in [0.25, 0.3) is 6.08 Å². The van der Waals surface area contributed by atoms with E-state index in [4.69, 9.17) is 5.11 Å². The van der Waals surface area contributed by atoms with Gasteiger partial charge in [0.05, 0.1) is 5.92 Å². The highest BCUT2D eigenvalue weighted by atomic mass is 16.4. The summed E-state index contributed by atoms with van der Waals surface area (Å²) in [5, 5.41) is 7.99. The molecular weight excluding hydrogens is 176 g/mol. The summed E-state index contributed by atoms with van der Waals surface area (Å²) in [5.74, 6) is -0.972. The minimum absolute atomic E-state index is 0.231. The fourth-order valence-electron chi connectivity index (χ4n) is 0.589. The second-order valence-corrected chi connectivity index (χ2v) is 3.11. The average Bonchev–Trinajstić information content (AvgIpc) is 2.20. The highest BCUT2D eigenvalue weighted by Crippen LogP contribution is 1.97. The van der Waals surface area contributed by atoms with E-state index in [2.05, 4.69) is 6.58 Å². The van der Waals surface area contributed by atoms with Crippen molar-refractivity contribution in [3.05, 3.63) is 42.5 Å². The van der Waals surface area contributed by atoms with Crippen molar-refractivity contribution in [3.8, 4) is 0 Å². The van der Waals surface area contributed by atoms with Gasteiger partial charge in [-0.05, 0) is 5.56 Å². The van der Waals surface area contributed by atoms with Gasteiger partial charge in [-0.1, -0.05) is 56.8 Å². The molecule has 0 aliphatic carbocycles. The van der Waals surface area contributed by atoms with Gasteiger partial charge in [-0.25, -0.2) is 0 Å². The van der Waals surface area contributed by atoms with Gasteiger partial charge in [-0.15, -0.1) is 0 Å². The Morgan fingerprint density at radius 2 is 1.79 bits per heavy atom. The molecule has 0 fully saturated rings. The van der Waals surface area contributed by atoms with Crippen LogP contribution in [0.2, 0.25) is 0 Å². The monoisotopic (exact) mass is 192 g/mol. The van der Waals surface area contributed by atoms with Crippen molar-refractivity contribution >= 4 is 12.0 Å². The van der Waals surface area contributed by atoms with Crippen molar-refractivity contribution in [1.82, 2.24) is 0 Å². The van der Waals surface area contributed by atoms with Gasteiger partial charge >= 0.3 is 5.97 Å². The first-order chi connectivity index (χ1) is 6.57. The van der Waals surface area contributed by atoms with Crippen molar-refractivity contribution in [3.63, 3.8) is 0 Å². The SMILES string of the molecule is C=Cc1ccccc1.CC(C)C(=O)O. The van der Waals surface area contributed by atoms with Crippen LogP contribution in [0.3, 0.4) is 0 Å². The Hall–Kier alpha value is -1.57. The standard InChI is InChI=1S/C8H8.C4H8O2/c1-2-8-6-4-3-5-7-8;1-3(2)4(5)6/h2-7H,1H2;3H,1-2H3,(H,5,6). The maximum absolute atomic E-state index is 9.70. The van der Waals surface area contributed by atoms with E-state index < -0.39 is 5.97 Å². The van der Waals surface area contributed by atoms with Gasteiger partial charge in [0.25, 0.3) is 0 Å². The predicted octanol–water partition coefficient (Wildman–Crippen LogP) is 3.06. The zero-order chi connectivity index (χ0) is 11.0. The summed E-state index contributed by atoms with van der Waals surface area (Å²) in [7, 11) is 0. The molecule has 0 radical (unpaired) electrons. The minimum Gasteiger partial charge on any atom is -0.481 e. The first-order valence-electron chi connectivity index (χ1n) is 4.48. The van der Waals surface area contributed by atoms with Crippen LogP contribution in [-0.4, -0.2) is 11.1 Å². The van der Waals surface area contributed by atoms with E-state index >= 15 is 0 Å². The molecule has 0 unspecified atom stereocenters. The zero-order valence-electron chi connectivity index (χ0n) is 8.60. The van der Waals surface area contributed by atoms with Gasteiger partial charge < -0.3 is 5.11 Å². The first-order valence-corrected chi connectivity index (χ1v) is 4.48. The van der Waals surface area contributed by atoms with E-state index in [-0.39, 0.29) is 5.92 Å². The first kappa shape index (κ1) is 12.4. The molecule has 1 N–H and O–H groups in total. The molecule has 0 aliphatic heterocycles. The highest BCUT2D eigenvalue weighted by Gasteiger charge is 1.99. The topological polar surface area (TPSA) is 37.3 Å². The van der Waals surface area contributed by atoms with Crippen LogP contribution in [-0.2, 0) is 4.79 Å². The number of carbonyl (C=O) groups is 1. The highest BCUT2D eigenvalue weighted by molar-refractivity contribution is 5.68. The molecule has 0 aromatic heterocycles. The molecule has 0 saturated carbocycles. The number of carboxylic acid groups (broad SMARTS) is 1. The molecule has 0 aliphatic rings. The minimum atomic E-state index is -0.741. The van der Waals surface area contributed by atoms with Gasteiger partial charge in [0.1, 0.15) is 0 Å². The third kappa shape index (κ3) is 6.00. The van der Waals surface area contributed by atoms with Crippen LogP contribution in [0.4, 0.5) is 0 Å². The van der Waals surface area contributed by atoms with Crippen LogP contribution in [0.1, 0.15) is 19.4 Å². The van der Waals surface area contributed by atoms with E-state index in [1.165, 1.54) is 5.56 Å². The molecule has 76 valence electrons. The van der Waals surface area contributed by atoms with Gasteiger partial charge in [-0.2, -0.15) is 0 Å². The number of hydrogen-bond acceptors (Lipinski definition) is 1. The fourth-order valence-corrected chi connectivity index (χ4v) is 0.589. The number of benzene rings is 1. The van der Waals surface area contributed by atoms with Crippen LogP contribution in [0.5, 0.6) is 0 Å². The van der Waals surface area contributed by atoms with Crippen molar-refractivity contribution in [2.45, 2.75) is 13.8 Å². The Bertz CT molecular complexity index is 276. The van der Waals surface area contributed by atoms with E-state index in [1.54, 1.807) is 13.8 Å². The normalized spacial score (nSPS) is 8.79. The average molecular weight is 192 g/mol. The van der Waals surface area contributed by atoms with Gasteiger partial charge in [0, 0.05) is 0 Å². The van der Waals surface area contributed by atoms with Crippen LogP contribution >= 0.6 is 0 Å². The molecule has 2 nitrogen and oxygen atoms in total. The summed E-state index contributed by atoms with van der Waals surface area (Å²) in [6.45, 7) is 6.91. The molecular formula is C12H16O2. The lowest BCUT2D eigenvalue weighted by Crippen LogP contribution is -2.03. The summed E-state index contributed by atoms with van der Waals surface area (Å²) >= 11 is 0. The van der Waals surface area contributed by atoms with Gasteiger partial charge in [0.15, 0.2) is 0 Å². The Balaban J connectivity index is 0.000000255. The summed E-state index contributed by atoms with van der Waals surface area (Å²) in [6.07, 6.45) is 1.83. The number of aliphatic carboxylic acids is 1. The number of carboxylic acids is 1. The van der Waals surface area contributed by atoms with Crippen molar-refractivity contribution in [2.24, 2.45) is 5.92 Å².